The molecule has 0 unspecified atom stereocenters. The Morgan fingerprint density at radius 2 is 1.17 bits per heavy atom. The van der Waals surface area contributed by atoms with Gasteiger partial charge in [0, 0.05) is 59.7 Å². The van der Waals surface area contributed by atoms with Crippen LogP contribution in [0.1, 0.15) is 25.0 Å². The van der Waals surface area contributed by atoms with Gasteiger partial charge >= 0.3 is 6.85 Å². The molecule has 1 aliphatic carbocycles. The maximum Gasteiger partial charge on any atom is 0.333 e. The molecule has 2 aliphatic heterocycles. The van der Waals surface area contributed by atoms with Crippen LogP contribution in [0.4, 0.5) is 0 Å². The molecule has 0 spiro atoms. The third kappa shape index (κ3) is 2.12. The van der Waals surface area contributed by atoms with E-state index >= 15 is 0 Å². The van der Waals surface area contributed by atoms with Gasteiger partial charge in [-0.3, -0.25) is 0 Å². The number of nitrogens with zero attached hydrogens (tertiary/aromatic N) is 2. The number of rotatable bonds is 0. The van der Waals surface area contributed by atoms with Gasteiger partial charge in [0.25, 0.3) is 0 Å². The van der Waals surface area contributed by atoms with E-state index in [1.54, 1.807) is 0 Å². The van der Waals surface area contributed by atoms with E-state index in [1.165, 1.54) is 115 Å². The first-order chi connectivity index (χ1) is 22.6. The molecule has 0 N–H and O–H groups in total. The number of benzene rings is 7. The number of fused-ring (bicyclic) bond motifs is 15. The van der Waals surface area contributed by atoms with Crippen LogP contribution >= 0.6 is 0 Å². The first kappa shape index (κ1) is 22.9. The van der Waals surface area contributed by atoms with Gasteiger partial charge in [-0.15, -0.1) is 0 Å². The minimum Gasteiger partial charge on any atom is -0.375 e. The normalized spacial score (nSPS) is 15.3. The Bertz CT molecular complexity index is 3120. The van der Waals surface area contributed by atoms with Crippen molar-refractivity contribution in [3.05, 3.63) is 126 Å². The molecule has 7 aromatic carbocycles. The summed E-state index contributed by atoms with van der Waals surface area (Å²) in [7, 11) is 0. The van der Waals surface area contributed by atoms with Gasteiger partial charge in [-0.25, -0.2) is 0 Å². The quantitative estimate of drug-likeness (QED) is 0.158. The van der Waals surface area contributed by atoms with E-state index in [0.29, 0.717) is 0 Å². The Hall–Kier alpha value is -5.54. The van der Waals surface area contributed by atoms with Gasteiger partial charge in [0.15, 0.2) is 0 Å². The molecule has 0 saturated carbocycles. The van der Waals surface area contributed by atoms with Crippen molar-refractivity contribution in [2.75, 3.05) is 0 Å². The number of hydrogen-bond donors (Lipinski definition) is 0. The Kier molecular flexibility index (Phi) is 3.47. The molecular weight excluding hydrogens is 555 g/mol. The van der Waals surface area contributed by atoms with Gasteiger partial charge in [0.1, 0.15) is 0 Å². The highest BCUT2D eigenvalue weighted by Gasteiger charge is 2.48. The number of hydrogen-bond acceptors (Lipinski definition) is 0. The fourth-order valence-corrected chi connectivity index (χ4v) is 10.6. The molecule has 0 bridgehead atoms. The Labute approximate surface area is 264 Å². The Morgan fingerprint density at radius 1 is 0.500 bits per heavy atom. The first-order valence-corrected chi connectivity index (χ1v) is 16.5. The fraction of sp³-hybridized carbons (Fsp3) is 0.0698. The summed E-state index contributed by atoms with van der Waals surface area (Å²) in [4.78, 5) is 0. The molecule has 5 heterocycles. The lowest BCUT2D eigenvalue weighted by Gasteiger charge is -2.35. The standard InChI is InChI=1S/C43H25BN2/c1-43(2)31-18-6-5-12-28(31)33-34-29-16-7-13-24-26-15-9-19-32-41(26)45(38(24)29)42(34)37-35(36(33)43)30-17-8-14-25-27-21-20-22-10-3-4-11-23(22)39(27)46(40(25)30)44(32)37/h3-21H,1-2H3. The molecule has 0 radical (unpaired) electrons. The Balaban J connectivity index is 1.41. The SMILES string of the molecule is CC1(C)c2ccccc2-c2c1c1c3c4c2c2cccc5c6cccc(c6n4c52)B3n2c3c-1cccc3c1ccc3ccccc3c12. The molecule has 0 atom stereocenters. The van der Waals surface area contributed by atoms with E-state index in [4.69, 9.17) is 0 Å². The molecule has 2 nitrogen and oxygen atoms in total. The van der Waals surface area contributed by atoms with Crippen LogP contribution in [-0.4, -0.2) is 15.7 Å². The molecule has 0 saturated heterocycles. The molecule has 210 valence electrons. The molecule has 3 heteroatoms. The fourth-order valence-electron chi connectivity index (χ4n) is 10.6. The van der Waals surface area contributed by atoms with Crippen LogP contribution in [0.25, 0.3) is 92.9 Å². The van der Waals surface area contributed by atoms with Crippen LogP contribution in [0.5, 0.6) is 0 Å². The van der Waals surface area contributed by atoms with Crippen molar-refractivity contribution in [1.29, 1.82) is 0 Å². The van der Waals surface area contributed by atoms with Gasteiger partial charge in [-0.05, 0) is 44.1 Å². The second-order valence-corrected chi connectivity index (χ2v) is 14.4. The lowest BCUT2D eigenvalue weighted by atomic mass is 9.45. The van der Waals surface area contributed by atoms with Crippen molar-refractivity contribution >= 4 is 88.4 Å². The van der Waals surface area contributed by atoms with Crippen LogP contribution in [0.2, 0.25) is 0 Å². The summed E-state index contributed by atoms with van der Waals surface area (Å²) < 4.78 is 5.42. The summed E-state index contributed by atoms with van der Waals surface area (Å²) in [5.41, 5.74) is 18.3. The van der Waals surface area contributed by atoms with Gasteiger partial charge in [0.2, 0.25) is 0 Å². The molecule has 3 aliphatic rings. The van der Waals surface area contributed by atoms with Crippen molar-refractivity contribution in [1.82, 2.24) is 8.88 Å². The van der Waals surface area contributed by atoms with Crippen LogP contribution in [-0.2, 0) is 5.41 Å². The van der Waals surface area contributed by atoms with Crippen LogP contribution in [0.3, 0.4) is 0 Å². The third-order valence-electron chi connectivity index (χ3n) is 12.1. The molecular formula is C43H25BN2. The van der Waals surface area contributed by atoms with Crippen LogP contribution in [0, 0.1) is 0 Å². The maximum atomic E-state index is 2.75. The predicted molar refractivity (Wildman–Crippen MR) is 195 cm³/mol. The third-order valence-corrected chi connectivity index (χ3v) is 12.1. The summed E-state index contributed by atoms with van der Waals surface area (Å²) in [6.07, 6.45) is 0. The second kappa shape index (κ2) is 6.98. The molecule has 46 heavy (non-hydrogen) atoms. The van der Waals surface area contributed by atoms with Crippen molar-refractivity contribution in [3.8, 4) is 22.3 Å². The van der Waals surface area contributed by atoms with Crippen LogP contribution < -0.4 is 10.9 Å². The van der Waals surface area contributed by atoms with Crippen molar-refractivity contribution in [3.63, 3.8) is 0 Å². The van der Waals surface area contributed by atoms with E-state index < -0.39 is 0 Å². The zero-order valence-corrected chi connectivity index (χ0v) is 25.4. The average molecular weight is 580 g/mol. The van der Waals surface area contributed by atoms with E-state index in [0.717, 1.165) is 0 Å². The summed E-state index contributed by atoms with van der Waals surface area (Å²) >= 11 is 0. The minimum atomic E-state index is -0.141. The summed E-state index contributed by atoms with van der Waals surface area (Å²) in [5, 5.41) is 10.9. The number of aromatic nitrogens is 2. The zero-order chi connectivity index (χ0) is 29.8. The van der Waals surface area contributed by atoms with Gasteiger partial charge in [-0.2, -0.15) is 0 Å². The Morgan fingerprint density at radius 3 is 2.09 bits per heavy atom. The average Bonchev–Trinajstić information content (AvgIpc) is 3.80. The van der Waals surface area contributed by atoms with Crippen molar-refractivity contribution in [2.45, 2.75) is 19.3 Å². The summed E-state index contributed by atoms with van der Waals surface area (Å²) in [5.74, 6) is 0. The monoisotopic (exact) mass is 580 g/mol. The van der Waals surface area contributed by atoms with E-state index in [-0.39, 0.29) is 12.3 Å². The van der Waals surface area contributed by atoms with E-state index in [2.05, 4.69) is 138 Å². The minimum absolute atomic E-state index is 0.0730. The topological polar surface area (TPSA) is 9.34 Å². The highest BCUT2D eigenvalue weighted by molar-refractivity contribution is 6.91. The zero-order valence-electron chi connectivity index (χ0n) is 25.4. The molecule has 0 fully saturated rings. The molecule has 10 aromatic rings. The molecule has 0 amide bonds. The van der Waals surface area contributed by atoms with Crippen molar-refractivity contribution in [2.24, 2.45) is 0 Å². The highest BCUT2D eigenvalue weighted by atomic mass is 15.0. The van der Waals surface area contributed by atoms with E-state index in [1.807, 2.05) is 0 Å². The van der Waals surface area contributed by atoms with E-state index in [9.17, 15) is 0 Å². The van der Waals surface area contributed by atoms with Gasteiger partial charge in [0.05, 0.1) is 16.6 Å². The number of para-hydroxylation sites is 3. The lowest BCUT2D eigenvalue weighted by molar-refractivity contribution is 0.663. The smallest absolute Gasteiger partial charge is 0.333 e. The largest absolute Gasteiger partial charge is 0.375 e. The second-order valence-electron chi connectivity index (χ2n) is 14.4. The molecule has 3 aromatic heterocycles. The van der Waals surface area contributed by atoms with Crippen molar-refractivity contribution < 1.29 is 0 Å². The highest BCUT2D eigenvalue weighted by Crippen LogP contribution is 2.58. The maximum absolute atomic E-state index is 2.75. The van der Waals surface area contributed by atoms with Gasteiger partial charge < -0.3 is 8.88 Å². The lowest BCUT2D eigenvalue weighted by Crippen LogP contribution is -2.54. The summed E-state index contributed by atoms with van der Waals surface area (Å²) in [6, 6.07) is 44.0. The van der Waals surface area contributed by atoms with Gasteiger partial charge in [-0.1, -0.05) is 129 Å². The first-order valence-electron chi connectivity index (χ1n) is 16.5. The summed E-state index contributed by atoms with van der Waals surface area (Å²) in [6.45, 7) is 5.00. The molecule has 13 rings (SSSR count). The predicted octanol–water partition coefficient (Wildman–Crippen LogP) is 9.35. The van der Waals surface area contributed by atoms with Crippen LogP contribution in [0.15, 0.2) is 115 Å².